The van der Waals surface area contributed by atoms with Crippen LogP contribution in [0.3, 0.4) is 0 Å². The second kappa shape index (κ2) is 8.83. The van der Waals surface area contributed by atoms with E-state index in [1.54, 1.807) is 37.7 Å². The number of benzene rings is 3. The average molecular weight is 383 g/mol. The van der Waals surface area contributed by atoms with E-state index in [2.05, 4.69) is 0 Å². The highest BCUT2D eigenvalue weighted by atomic mass is 32.2. The average Bonchev–Trinajstić information content (AvgIpc) is 2.69. The molecule has 3 aromatic rings. The lowest BCUT2D eigenvalue weighted by molar-refractivity contribution is 0.111. The molecule has 0 aromatic heterocycles. The van der Waals surface area contributed by atoms with Gasteiger partial charge in [0.15, 0.2) is 6.29 Å². The summed E-state index contributed by atoms with van der Waals surface area (Å²) in [5.74, 6) is 1.63. The van der Waals surface area contributed by atoms with Gasteiger partial charge < -0.3 is 9.47 Å². The largest absolute Gasteiger partial charge is 0.497 e. The first kappa shape index (κ1) is 18.4. The molecule has 0 radical (unpaired) electrons. The normalized spacial score (nSPS) is 10.4. The maximum absolute atomic E-state index is 11.8. The minimum Gasteiger partial charge on any atom is -0.497 e. The predicted molar refractivity (Wildman–Crippen MR) is 106 cm³/mol. The summed E-state index contributed by atoms with van der Waals surface area (Å²) in [5, 5.41) is 0. The number of aldehydes is 1. The Morgan fingerprint density at radius 2 is 1.12 bits per heavy atom. The Balaban J connectivity index is 1.84. The molecule has 0 amide bonds. The number of rotatable bonds is 7. The number of carbonyl (C=O) groups is 1. The number of hydrogen-bond acceptors (Lipinski definition) is 5. The molecule has 3 nitrogen and oxygen atoms in total. The van der Waals surface area contributed by atoms with Crippen LogP contribution in [0, 0.1) is 0 Å². The van der Waals surface area contributed by atoms with Crippen LogP contribution in [-0.4, -0.2) is 20.5 Å². The van der Waals surface area contributed by atoms with Crippen LogP contribution in [0.2, 0.25) is 0 Å². The molecule has 0 unspecified atom stereocenters. The van der Waals surface area contributed by atoms with Gasteiger partial charge in [0.2, 0.25) is 0 Å². The zero-order chi connectivity index (χ0) is 18.4. The van der Waals surface area contributed by atoms with Crippen molar-refractivity contribution in [2.45, 2.75) is 19.6 Å². The third-order valence-corrected chi connectivity index (χ3v) is 5.89. The van der Waals surface area contributed by atoms with E-state index >= 15 is 0 Å². The van der Waals surface area contributed by atoms with Crippen molar-refractivity contribution in [3.05, 3.63) is 72.3 Å². The minimum absolute atomic E-state index is 0.703. The molecule has 0 saturated heterocycles. The molecule has 26 heavy (non-hydrogen) atoms. The van der Waals surface area contributed by atoms with Crippen molar-refractivity contribution < 1.29 is 14.3 Å². The summed E-state index contributed by atoms with van der Waals surface area (Å²) in [6, 6.07) is 21.5. The smallest absolute Gasteiger partial charge is 0.152 e. The maximum Gasteiger partial charge on any atom is 0.152 e. The van der Waals surface area contributed by atoms with Gasteiger partial charge in [-0.1, -0.05) is 29.6 Å². The highest BCUT2D eigenvalue weighted by molar-refractivity contribution is 8.00. The lowest BCUT2D eigenvalue weighted by Gasteiger charge is -2.10. The van der Waals surface area contributed by atoms with E-state index < -0.39 is 0 Å². The van der Waals surface area contributed by atoms with Gasteiger partial charge in [0, 0.05) is 25.1 Å². The SMILES string of the molecule is COc1ccc(Sc2cccc(Sc3ccc(OC)cc3)c2C=O)cc1. The number of ether oxygens (including phenoxy) is 2. The van der Waals surface area contributed by atoms with Crippen molar-refractivity contribution in [3.8, 4) is 11.5 Å². The van der Waals surface area contributed by atoms with Crippen molar-refractivity contribution in [1.82, 2.24) is 0 Å². The molecule has 0 fully saturated rings. The molecule has 0 spiro atoms. The van der Waals surface area contributed by atoms with Gasteiger partial charge >= 0.3 is 0 Å². The predicted octanol–water partition coefficient (Wildman–Crippen LogP) is 5.82. The van der Waals surface area contributed by atoms with Crippen LogP contribution >= 0.6 is 23.5 Å². The van der Waals surface area contributed by atoms with Gasteiger partial charge in [-0.25, -0.2) is 0 Å². The molecule has 132 valence electrons. The van der Waals surface area contributed by atoms with E-state index in [1.807, 2.05) is 66.7 Å². The van der Waals surface area contributed by atoms with E-state index in [0.29, 0.717) is 5.56 Å². The number of carbonyl (C=O) groups excluding carboxylic acids is 1. The highest BCUT2D eigenvalue weighted by Crippen LogP contribution is 2.37. The van der Waals surface area contributed by atoms with Crippen LogP contribution in [0.5, 0.6) is 11.5 Å². The standard InChI is InChI=1S/C21H18O3S2/c1-23-15-6-10-17(11-7-15)25-20-4-3-5-21(19(20)14-22)26-18-12-8-16(24-2)9-13-18/h3-14H,1-2H3. The van der Waals surface area contributed by atoms with Crippen molar-refractivity contribution in [3.63, 3.8) is 0 Å². The van der Waals surface area contributed by atoms with Crippen LogP contribution in [0.15, 0.2) is 86.3 Å². The fourth-order valence-electron chi connectivity index (χ4n) is 2.36. The monoisotopic (exact) mass is 382 g/mol. The summed E-state index contributed by atoms with van der Waals surface area (Å²) < 4.78 is 10.4. The quantitative estimate of drug-likeness (QED) is 0.481. The van der Waals surface area contributed by atoms with E-state index in [9.17, 15) is 4.79 Å². The first-order valence-electron chi connectivity index (χ1n) is 7.95. The molecular weight excluding hydrogens is 364 g/mol. The summed E-state index contributed by atoms with van der Waals surface area (Å²) in [5.41, 5.74) is 0.703. The summed E-state index contributed by atoms with van der Waals surface area (Å²) in [6.45, 7) is 0. The topological polar surface area (TPSA) is 35.5 Å². The van der Waals surface area contributed by atoms with E-state index in [4.69, 9.17) is 9.47 Å². The Morgan fingerprint density at radius 3 is 1.46 bits per heavy atom. The second-order valence-electron chi connectivity index (χ2n) is 5.34. The molecule has 0 aliphatic rings. The van der Waals surface area contributed by atoms with Crippen LogP contribution in [0.1, 0.15) is 10.4 Å². The van der Waals surface area contributed by atoms with Gasteiger partial charge in [0.1, 0.15) is 11.5 Å². The Kier molecular flexibility index (Phi) is 6.26. The summed E-state index contributed by atoms with van der Waals surface area (Å²) >= 11 is 3.14. The maximum atomic E-state index is 11.8. The van der Waals surface area contributed by atoms with Crippen LogP contribution < -0.4 is 9.47 Å². The third-order valence-electron chi connectivity index (χ3n) is 3.72. The molecule has 0 saturated carbocycles. The third kappa shape index (κ3) is 4.42. The Hall–Kier alpha value is -2.37. The van der Waals surface area contributed by atoms with Crippen molar-refractivity contribution in [2.75, 3.05) is 14.2 Å². The lowest BCUT2D eigenvalue weighted by atomic mass is 10.2. The van der Waals surface area contributed by atoms with Gasteiger partial charge in [-0.3, -0.25) is 4.79 Å². The lowest BCUT2D eigenvalue weighted by Crippen LogP contribution is -1.90. The first-order chi connectivity index (χ1) is 12.7. The first-order valence-corrected chi connectivity index (χ1v) is 9.59. The second-order valence-corrected chi connectivity index (χ2v) is 7.57. The summed E-state index contributed by atoms with van der Waals surface area (Å²) in [4.78, 5) is 15.7. The minimum atomic E-state index is 0.703. The van der Waals surface area contributed by atoms with Crippen LogP contribution in [0.25, 0.3) is 0 Å². The molecule has 0 bridgehead atoms. The Labute approximate surface area is 161 Å². The zero-order valence-electron chi connectivity index (χ0n) is 14.5. The number of methoxy groups -OCH3 is 2. The highest BCUT2D eigenvalue weighted by Gasteiger charge is 2.11. The van der Waals surface area contributed by atoms with Crippen molar-refractivity contribution in [2.24, 2.45) is 0 Å². The Bertz CT molecular complexity index is 807. The molecule has 0 aliphatic heterocycles. The molecule has 0 aliphatic carbocycles. The van der Waals surface area contributed by atoms with Gasteiger partial charge in [-0.15, -0.1) is 0 Å². The molecule has 0 heterocycles. The van der Waals surface area contributed by atoms with Crippen molar-refractivity contribution in [1.29, 1.82) is 0 Å². The molecule has 0 N–H and O–H groups in total. The van der Waals surface area contributed by atoms with Gasteiger partial charge in [-0.05, 0) is 60.7 Å². The fourth-order valence-corrected chi connectivity index (χ4v) is 4.31. The molecule has 5 heteroatoms. The Morgan fingerprint density at radius 1 is 0.692 bits per heavy atom. The molecule has 0 atom stereocenters. The fraction of sp³-hybridized carbons (Fsp3) is 0.0952. The van der Waals surface area contributed by atoms with Crippen LogP contribution in [-0.2, 0) is 0 Å². The zero-order valence-corrected chi connectivity index (χ0v) is 16.1. The molecule has 3 aromatic carbocycles. The summed E-state index contributed by atoms with van der Waals surface area (Å²) in [7, 11) is 3.29. The number of hydrogen-bond donors (Lipinski definition) is 0. The van der Waals surface area contributed by atoms with Gasteiger partial charge in [0.05, 0.1) is 14.2 Å². The van der Waals surface area contributed by atoms with E-state index in [-0.39, 0.29) is 0 Å². The van der Waals surface area contributed by atoms with E-state index in [0.717, 1.165) is 37.4 Å². The van der Waals surface area contributed by atoms with Gasteiger partial charge in [0.25, 0.3) is 0 Å². The van der Waals surface area contributed by atoms with E-state index in [1.165, 1.54) is 0 Å². The molecule has 3 rings (SSSR count). The van der Waals surface area contributed by atoms with Gasteiger partial charge in [-0.2, -0.15) is 0 Å². The van der Waals surface area contributed by atoms with Crippen LogP contribution in [0.4, 0.5) is 0 Å². The van der Waals surface area contributed by atoms with Crippen molar-refractivity contribution >= 4 is 29.8 Å². The molecular formula is C21H18O3S2. The summed E-state index contributed by atoms with van der Waals surface area (Å²) in [6.07, 6.45) is 0.928.